The van der Waals surface area contributed by atoms with Gasteiger partial charge >= 0.3 is 13.5 Å². The van der Waals surface area contributed by atoms with E-state index in [1.807, 2.05) is 0 Å². The van der Waals surface area contributed by atoms with E-state index in [1.54, 1.807) is 6.92 Å². The standard InChI is InChI=1S/C11H17N2O7P/c1-7-5-13(11(15)12-10(7)14)9-4-3-8(20-9)6-19-21(16,17)18-2/h5,8-9H,3-4,6H2,1-2H3,(H,16,17)(H,12,14,15)/t8-,9+/m1/s1. The molecule has 3 atom stereocenters. The number of nitrogens with one attached hydrogen (secondary N) is 1. The van der Waals surface area contributed by atoms with Crippen LogP contribution in [0.25, 0.3) is 0 Å². The molecule has 0 aromatic carbocycles. The highest BCUT2D eigenvalue weighted by Gasteiger charge is 2.30. The number of hydrogen-bond donors (Lipinski definition) is 2. The molecule has 1 aliphatic rings. The maximum absolute atomic E-state index is 11.7. The first-order chi connectivity index (χ1) is 9.82. The van der Waals surface area contributed by atoms with E-state index in [-0.39, 0.29) is 6.61 Å². The van der Waals surface area contributed by atoms with Gasteiger partial charge in [0.2, 0.25) is 0 Å². The first-order valence-corrected chi connectivity index (χ1v) is 7.82. The van der Waals surface area contributed by atoms with Gasteiger partial charge in [0, 0.05) is 18.9 Å². The van der Waals surface area contributed by atoms with E-state index in [2.05, 4.69) is 9.51 Å². The lowest BCUT2D eigenvalue weighted by molar-refractivity contribution is -0.0252. The van der Waals surface area contributed by atoms with Crippen molar-refractivity contribution in [1.82, 2.24) is 9.55 Å². The molecule has 0 aliphatic carbocycles. The van der Waals surface area contributed by atoms with Crippen LogP contribution in [0.1, 0.15) is 24.6 Å². The average Bonchev–Trinajstić information content (AvgIpc) is 2.89. The summed E-state index contributed by atoms with van der Waals surface area (Å²) in [6.45, 7) is 1.47. The molecule has 1 aromatic rings. The van der Waals surface area contributed by atoms with Crippen molar-refractivity contribution in [2.75, 3.05) is 13.7 Å². The minimum absolute atomic E-state index is 0.116. The van der Waals surface area contributed by atoms with Crippen molar-refractivity contribution in [3.63, 3.8) is 0 Å². The number of aromatic nitrogens is 2. The van der Waals surface area contributed by atoms with Crippen LogP contribution in [-0.4, -0.2) is 34.3 Å². The van der Waals surface area contributed by atoms with Crippen LogP contribution in [-0.2, 0) is 18.3 Å². The molecule has 9 nitrogen and oxygen atoms in total. The van der Waals surface area contributed by atoms with E-state index in [9.17, 15) is 14.2 Å². The maximum Gasteiger partial charge on any atom is 0.472 e. The normalized spacial score (nSPS) is 24.9. The predicted molar refractivity (Wildman–Crippen MR) is 72.0 cm³/mol. The first kappa shape index (κ1) is 16.1. The van der Waals surface area contributed by atoms with Crippen LogP contribution in [0.4, 0.5) is 0 Å². The zero-order valence-electron chi connectivity index (χ0n) is 11.6. The van der Waals surface area contributed by atoms with Crippen molar-refractivity contribution in [3.8, 4) is 0 Å². The van der Waals surface area contributed by atoms with Crippen LogP contribution in [0, 0.1) is 6.92 Å². The minimum atomic E-state index is -4.04. The Morgan fingerprint density at radius 2 is 2.24 bits per heavy atom. The van der Waals surface area contributed by atoms with Crippen LogP contribution in [0.3, 0.4) is 0 Å². The van der Waals surface area contributed by atoms with Gasteiger partial charge in [-0.3, -0.25) is 23.4 Å². The zero-order chi connectivity index (χ0) is 15.6. The van der Waals surface area contributed by atoms with Crippen LogP contribution in [0.5, 0.6) is 0 Å². The molecule has 0 bridgehead atoms. The molecule has 1 saturated heterocycles. The molecule has 21 heavy (non-hydrogen) atoms. The van der Waals surface area contributed by atoms with Gasteiger partial charge in [0.05, 0.1) is 12.7 Å². The molecule has 0 amide bonds. The summed E-state index contributed by atoms with van der Waals surface area (Å²) in [6, 6.07) is 0. The fourth-order valence-electron chi connectivity index (χ4n) is 2.04. The number of nitrogens with zero attached hydrogens (tertiary/aromatic N) is 1. The van der Waals surface area contributed by atoms with E-state index in [1.165, 1.54) is 10.8 Å². The van der Waals surface area contributed by atoms with Crippen molar-refractivity contribution >= 4 is 7.82 Å². The number of hydrogen-bond acceptors (Lipinski definition) is 6. The summed E-state index contributed by atoms with van der Waals surface area (Å²) in [4.78, 5) is 34.4. The lowest BCUT2D eigenvalue weighted by Gasteiger charge is -2.17. The molecule has 0 saturated carbocycles. The summed E-state index contributed by atoms with van der Waals surface area (Å²) in [5.74, 6) is 0. The molecule has 1 aromatic heterocycles. The first-order valence-electron chi connectivity index (χ1n) is 6.33. The lowest BCUT2D eigenvalue weighted by Crippen LogP contribution is -2.33. The zero-order valence-corrected chi connectivity index (χ0v) is 12.5. The van der Waals surface area contributed by atoms with E-state index in [0.717, 1.165) is 7.11 Å². The lowest BCUT2D eigenvalue weighted by atomic mass is 10.2. The number of phosphoric acid groups is 1. The molecular weight excluding hydrogens is 303 g/mol. The van der Waals surface area contributed by atoms with Gasteiger partial charge in [-0.25, -0.2) is 9.36 Å². The van der Waals surface area contributed by atoms with Crippen LogP contribution >= 0.6 is 7.82 Å². The van der Waals surface area contributed by atoms with E-state index < -0.39 is 31.4 Å². The van der Waals surface area contributed by atoms with Crippen molar-refractivity contribution in [1.29, 1.82) is 0 Å². The van der Waals surface area contributed by atoms with Crippen molar-refractivity contribution in [2.24, 2.45) is 0 Å². The van der Waals surface area contributed by atoms with Crippen molar-refractivity contribution in [3.05, 3.63) is 32.6 Å². The highest BCUT2D eigenvalue weighted by molar-refractivity contribution is 7.47. The third kappa shape index (κ3) is 3.90. The van der Waals surface area contributed by atoms with Gasteiger partial charge in [0.15, 0.2) is 0 Å². The molecule has 2 heterocycles. The second-order valence-corrected chi connectivity index (χ2v) is 6.28. The van der Waals surface area contributed by atoms with Gasteiger partial charge in [-0.2, -0.15) is 0 Å². The fourth-order valence-corrected chi connectivity index (χ4v) is 2.50. The Morgan fingerprint density at radius 3 is 2.90 bits per heavy atom. The van der Waals surface area contributed by atoms with Gasteiger partial charge < -0.3 is 9.63 Å². The minimum Gasteiger partial charge on any atom is -0.352 e. The number of phosphoric ester groups is 1. The molecule has 1 fully saturated rings. The Bertz CT molecular complexity index is 667. The van der Waals surface area contributed by atoms with Crippen molar-refractivity contribution < 1.29 is 23.2 Å². The molecule has 2 rings (SSSR count). The Labute approximate surface area is 120 Å². The number of aromatic amines is 1. The summed E-state index contributed by atoms with van der Waals surface area (Å²) >= 11 is 0. The highest BCUT2D eigenvalue weighted by Crippen LogP contribution is 2.43. The Hall–Kier alpha value is -1.25. The molecule has 0 radical (unpaired) electrons. The molecule has 2 N–H and O–H groups in total. The number of aryl methyl sites for hydroxylation is 1. The van der Waals surface area contributed by atoms with Gasteiger partial charge in [-0.05, 0) is 19.8 Å². The van der Waals surface area contributed by atoms with Gasteiger partial charge in [-0.1, -0.05) is 0 Å². The third-order valence-corrected chi connectivity index (χ3v) is 4.13. The monoisotopic (exact) mass is 320 g/mol. The van der Waals surface area contributed by atoms with Gasteiger partial charge in [0.25, 0.3) is 5.56 Å². The van der Waals surface area contributed by atoms with Crippen molar-refractivity contribution in [2.45, 2.75) is 32.1 Å². The topological polar surface area (TPSA) is 120 Å². The molecule has 118 valence electrons. The van der Waals surface area contributed by atoms with Gasteiger partial charge in [0.1, 0.15) is 6.23 Å². The Kier molecular flexibility index (Phi) is 4.80. The van der Waals surface area contributed by atoms with Gasteiger partial charge in [-0.15, -0.1) is 0 Å². The van der Waals surface area contributed by atoms with E-state index in [4.69, 9.17) is 14.2 Å². The van der Waals surface area contributed by atoms with Crippen LogP contribution in [0.2, 0.25) is 0 Å². The van der Waals surface area contributed by atoms with E-state index in [0.29, 0.717) is 18.4 Å². The number of ether oxygens (including phenoxy) is 1. The number of rotatable bonds is 5. The molecule has 10 heteroatoms. The fraction of sp³-hybridized carbons (Fsp3) is 0.636. The summed E-state index contributed by atoms with van der Waals surface area (Å²) in [5.41, 5.74) is -0.588. The summed E-state index contributed by atoms with van der Waals surface area (Å²) in [6.07, 6.45) is 1.55. The smallest absolute Gasteiger partial charge is 0.352 e. The maximum atomic E-state index is 11.7. The molecular formula is C11H17N2O7P. The second-order valence-electron chi connectivity index (χ2n) is 4.72. The number of H-pyrrole nitrogens is 1. The summed E-state index contributed by atoms with van der Waals surface area (Å²) in [7, 11) is -2.97. The average molecular weight is 320 g/mol. The second kappa shape index (κ2) is 6.25. The SMILES string of the molecule is COP(=O)(O)OC[C@H]1CC[C@@H](n2cc(C)c(=O)[nH]c2=O)O1. The quantitative estimate of drug-likeness (QED) is 0.748. The van der Waals surface area contributed by atoms with E-state index >= 15 is 0 Å². The van der Waals surface area contributed by atoms with Crippen LogP contribution in [0.15, 0.2) is 15.8 Å². The Morgan fingerprint density at radius 1 is 1.52 bits per heavy atom. The highest BCUT2D eigenvalue weighted by atomic mass is 31.2. The molecule has 0 spiro atoms. The van der Waals surface area contributed by atoms with Crippen LogP contribution < -0.4 is 11.2 Å². The molecule has 1 unspecified atom stereocenters. The predicted octanol–water partition coefficient (Wildman–Crippen LogP) is 0.286. The largest absolute Gasteiger partial charge is 0.472 e. The summed E-state index contributed by atoms with van der Waals surface area (Å²) in [5, 5.41) is 0. The molecule has 1 aliphatic heterocycles. The Balaban J connectivity index is 2.03. The summed E-state index contributed by atoms with van der Waals surface area (Å²) < 4.78 is 27.1. The third-order valence-electron chi connectivity index (χ3n) is 3.20.